The summed E-state index contributed by atoms with van der Waals surface area (Å²) in [6.45, 7) is 3.97. The van der Waals surface area contributed by atoms with Crippen molar-refractivity contribution in [1.29, 1.82) is 0 Å². The summed E-state index contributed by atoms with van der Waals surface area (Å²) in [5, 5.41) is 17.0. The molecule has 16 heavy (non-hydrogen) atoms. The Morgan fingerprint density at radius 3 is 2.94 bits per heavy atom. The fourth-order valence-corrected chi connectivity index (χ4v) is 1.80. The predicted octanol–water partition coefficient (Wildman–Crippen LogP) is 1.15. The van der Waals surface area contributed by atoms with Crippen LogP contribution in [-0.2, 0) is 0 Å². The van der Waals surface area contributed by atoms with Crippen LogP contribution in [0.15, 0.2) is 18.3 Å². The van der Waals surface area contributed by atoms with Crippen LogP contribution in [-0.4, -0.2) is 28.5 Å². The third-order valence-electron chi connectivity index (χ3n) is 2.76. The summed E-state index contributed by atoms with van der Waals surface area (Å²) in [7, 11) is 0. The van der Waals surface area contributed by atoms with E-state index in [9.17, 15) is 10.1 Å². The molecule has 1 atom stereocenters. The third kappa shape index (κ3) is 2.27. The molecule has 0 aromatic carbocycles. The summed E-state index contributed by atoms with van der Waals surface area (Å²) >= 11 is 0. The van der Waals surface area contributed by atoms with Gasteiger partial charge in [-0.1, -0.05) is 0 Å². The predicted molar refractivity (Wildman–Crippen MR) is 60.4 cm³/mol. The van der Waals surface area contributed by atoms with E-state index in [0.29, 0.717) is 5.82 Å². The lowest BCUT2D eigenvalue weighted by atomic mass is 10.0. The van der Waals surface area contributed by atoms with Gasteiger partial charge in [-0.3, -0.25) is 10.1 Å². The first-order chi connectivity index (χ1) is 7.59. The summed E-state index contributed by atoms with van der Waals surface area (Å²) in [5.74, 6) is 0.678. The van der Waals surface area contributed by atoms with Crippen LogP contribution in [0.5, 0.6) is 0 Å². The maximum absolute atomic E-state index is 10.5. The van der Waals surface area contributed by atoms with Crippen molar-refractivity contribution in [3.05, 3.63) is 28.4 Å². The largest absolute Gasteiger partial charge is 0.364 e. The Labute approximate surface area is 93.2 Å². The zero-order valence-electron chi connectivity index (χ0n) is 9.06. The van der Waals surface area contributed by atoms with Gasteiger partial charge in [-0.2, -0.15) is 0 Å². The van der Waals surface area contributed by atoms with Gasteiger partial charge in [0.1, 0.15) is 12.0 Å². The van der Waals surface area contributed by atoms with Crippen LogP contribution < -0.4 is 10.6 Å². The molecule has 1 aliphatic heterocycles. The SMILES string of the molecule is CC1(Nc2ccc([N+](=O)[O-])cn2)CCNC1. The second kappa shape index (κ2) is 4.05. The van der Waals surface area contributed by atoms with Crippen LogP contribution >= 0.6 is 0 Å². The van der Waals surface area contributed by atoms with Crippen LogP contribution in [0, 0.1) is 10.1 Å². The molecule has 2 N–H and O–H groups in total. The second-order valence-electron chi connectivity index (χ2n) is 4.27. The van der Waals surface area contributed by atoms with Gasteiger partial charge in [0.05, 0.1) is 4.92 Å². The Morgan fingerprint density at radius 2 is 2.44 bits per heavy atom. The molecule has 2 heterocycles. The van der Waals surface area contributed by atoms with Gasteiger partial charge in [-0.15, -0.1) is 0 Å². The summed E-state index contributed by atoms with van der Waals surface area (Å²) in [5.41, 5.74) is 0.00334. The highest BCUT2D eigenvalue weighted by atomic mass is 16.6. The number of pyridine rings is 1. The number of hydrogen-bond donors (Lipinski definition) is 2. The van der Waals surface area contributed by atoms with E-state index in [0.717, 1.165) is 19.5 Å². The van der Waals surface area contributed by atoms with Gasteiger partial charge < -0.3 is 10.6 Å². The number of nitrogens with zero attached hydrogens (tertiary/aromatic N) is 2. The Bertz CT molecular complexity index is 384. The molecule has 6 nitrogen and oxygen atoms in total. The minimum atomic E-state index is -0.449. The number of aromatic nitrogens is 1. The lowest BCUT2D eigenvalue weighted by molar-refractivity contribution is -0.385. The summed E-state index contributed by atoms with van der Waals surface area (Å²) in [6, 6.07) is 3.10. The van der Waals surface area contributed by atoms with Crippen molar-refractivity contribution in [2.24, 2.45) is 0 Å². The Hall–Kier alpha value is -1.69. The Morgan fingerprint density at radius 1 is 1.62 bits per heavy atom. The van der Waals surface area contributed by atoms with Crippen LogP contribution in [0.4, 0.5) is 11.5 Å². The standard InChI is InChI=1S/C10H14N4O2/c1-10(4-5-11-7-10)13-9-3-2-8(6-12-9)14(15)16/h2-3,6,11H,4-5,7H2,1H3,(H,12,13). The van der Waals surface area contributed by atoms with Gasteiger partial charge in [-0.25, -0.2) is 4.98 Å². The van der Waals surface area contributed by atoms with E-state index >= 15 is 0 Å². The lowest BCUT2D eigenvalue weighted by Crippen LogP contribution is -2.37. The first-order valence-corrected chi connectivity index (χ1v) is 5.18. The van der Waals surface area contributed by atoms with Gasteiger partial charge in [0, 0.05) is 18.2 Å². The number of hydrogen-bond acceptors (Lipinski definition) is 5. The molecule has 1 fully saturated rings. The first kappa shape index (κ1) is 10.8. The molecular formula is C10H14N4O2. The van der Waals surface area contributed by atoms with Crippen LogP contribution in [0.1, 0.15) is 13.3 Å². The summed E-state index contributed by atoms with van der Waals surface area (Å²) in [4.78, 5) is 14.0. The number of nitro groups is 1. The fraction of sp³-hybridized carbons (Fsp3) is 0.500. The van der Waals surface area contributed by atoms with Crippen LogP contribution in [0.2, 0.25) is 0 Å². The van der Waals surface area contributed by atoms with Crippen molar-refractivity contribution in [2.75, 3.05) is 18.4 Å². The van der Waals surface area contributed by atoms with Gasteiger partial charge in [0.15, 0.2) is 0 Å². The van der Waals surface area contributed by atoms with Gasteiger partial charge in [0.25, 0.3) is 5.69 Å². The zero-order chi connectivity index (χ0) is 11.6. The highest BCUT2D eigenvalue weighted by Gasteiger charge is 2.28. The van der Waals surface area contributed by atoms with Gasteiger partial charge >= 0.3 is 0 Å². The average Bonchev–Trinajstić information content (AvgIpc) is 2.65. The van der Waals surface area contributed by atoms with E-state index in [4.69, 9.17) is 0 Å². The molecule has 0 aliphatic carbocycles. The third-order valence-corrected chi connectivity index (χ3v) is 2.76. The number of rotatable bonds is 3. The fourth-order valence-electron chi connectivity index (χ4n) is 1.80. The van der Waals surface area contributed by atoms with Crippen LogP contribution in [0.25, 0.3) is 0 Å². The van der Waals surface area contributed by atoms with Crippen molar-refractivity contribution < 1.29 is 4.92 Å². The monoisotopic (exact) mass is 222 g/mol. The summed E-state index contributed by atoms with van der Waals surface area (Å²) < 4.78 is 0. The van der Waals surface area contributed by atoms with Crippen molar-refractivity contribution in [1.82, 2.24) is 10.3 Å². The van der Waals surface area contributed by atoms with E-state index in [1.54, 1.807) is 6.07 Å². The average molecular weight is 222 g/mol. The van der Waals surface area contributed by atoms with Gasteiger partial charge in [0.2, 0.25) is 0 Å². The van der Waals surface area contributed by atoms with E-state index in [1.165, 1.54) is 12.3 Å². The Balaban J connectivity index is 2.07. The topological polar surface area (TPSA) is 80.1 Å². The molecule has 0 spiro atoms. The first-order valence-electron chi connectivity index (χ1n) is 5.18. The molecule has 0 amide bonds. The van der Waals surface area contributed by atoms with E-state index in [1.807, 2.05) is 0 Å². The highest BCUT2D eigenvalue weighted by Crippen LogP contribution is 2.20. The molecule has 1 aliphatic rings. The molecule has 1 aromatic rings. The maximum atomic E-state index is 10.5. The normalized spacial score (nSPS) is 24.3. The molecule has 1 aromatic heterocycles. The molecular weight excluding hydrogens is 208 g/mol. The van der Waals surface area contributed by atoms with Crippen LogP contribution in [0.3, 0.4) is 0 Å². The van der Waals surface area contributed by atoms with Crippen molar-refractivity contribution in [2.45, 2.75) is 18.9 Å². The molecule has 1 saturated heterocycles. The van der Waals surface area contributed by atoms with Crippen molar-refractivity contribution in [3.63, 3.8) is 0 Å². The van der Waals surface area contributed by atoms with Gasteiger partial charge in [-0.05, 0) is 26.0 Å². The molecule has 0 radical (unpaired) electrons. The smallest absolute Gasteiger partial charge is 0.287 e. The number of anilines is 1. The van der Waals surface area contributed by atoms with E-state index in [2.05, 4.69) is 22.5 Å². The highest BCUT2D eigenvalue weighted by molar-refractivity contribution is 5.42. The molecule has 2 rings (SSSR count). The van der Waals surface area contributed by atoms with Crippen molar-refractivity contribution in [3.8, 4) is 0 Å². The molecule has 0 saturated carbocycles. The van der Waals surface area contributed by atoms with E-state index < -0.39 is 4.92 Å². The molecule has 6 heteroatoms. The zero-order valence-corrected chi connectivity index (χ0v) is 9.06. The van der Waals surface area contributed by atoms with Crippen molar-refractivity contribution >= 4 is 11.5 Å². The summed E-state index contributed by atoms with van der Waals surface area (Å²) in [6.07, 6.45) is 2.29. The number of nitrogens with one attached hydrogen (secondary N) is 2. The minimum absolute atomic E-state index is 0.0108. The minimum Gasteiger partial charge on any atom is -0.364 e. The van der Waals surface area contributed by atoms with E-state index in [-0.39, 0.29) is 11.2 Å². The quantitative estimate of drug-likeness (QED) is 0.592. The Kier molecular flexibility index (Phi) is 2.74. The maximum Gasteiger partial charge on any atom is 0.287 e. The second-order valence-corrected chi connectivity index (χ2v) is 4.27. The molecule has 1 unspecified atom stereocenters. The molecule has 0 bridgehead atoms. The molecule has 86 valence electrons. The lowest BCUT2D eigenvalue weighted by Gasteiger charge is -2.24.